The van der Waals surface area contributed by atoms with Gasteiger partial charge in [-0.15, -0.1) is 0 Å². The van der Waals surface area contributed by atoms with E-state index in [2.05, 4.69) is 16.5 Å². The first-order chi connectivity index (χ1) is 15.9. The van der Waals surface area contributed by atoms with E-state index in [-0.39, 0.29) is 12.8 Å². The standard InChI is InChI=1S/C23H26F2N4O4S/c1-22(24,25)18-8-14(15-11-27-29(2)12-15)4-5-20(18)34(31,32)16-9-17(19(10-16)33-3)21(30)28-23(13-26)6-7-23/h4-5,8,11-12,16-17,19H,6-7,9-10H2,1-3H3,(H,28,30)/t16-,17?,19-/m1/s1. The van der Waals surface area contributed by atoms with Gasteiger partial charge in [-0.3, -0.25) is 9.48 Å². The van der Waals surface area contributed by atoms with Crippen LogP contribution in [0.15, 0.2) is 35.5 Å². The Morgan fingerprint density at radius 1 is 1.32 bits per heavy atom. The molecule has 1 aromatic carbocycles. The first kappa shape index (κ1) is 24.3. The van der Waals surface area contributed by atoms with Crippen LogP contribution in [-0.4, -0.2) is 48.1 Å². The molecule has 1 unspecified atom stereocenters. The van der Waals surface area contributed by atoms with Gasteiger partial charge in [-0.2, -0.15) is 10.4 Å². The van der Waals surface area contributed by atoms with E-state index in [4.69, 9.17) is 4.74 Å². The molecule has 1 amide bonds. The van der Waals surface area contributed by atoms with Crippen molar-refractivity contribution >= 4 is 15.7 Å². The molecule has 1 N–H and O–H groups in total. The fourth-order valence-electron chi connectivity index (χ4n) is 4.51. The van der Waals surface area contributed by atoms with E-state index in [1.54, 1.807) is 13.2 Å². The van der Waals surface area contributed by atoms with Gasteiger partial charge in [0.1, 0.15) is 5.54 Å². The zero-order chi connectivity index (χ0) is 24.9. The molecule has 0 aliphatic heterocycles. The summed E-state index contributed by atoms with van der Waals surface area (Å²) in [4.78, 5) is 12.3. The largest absolute Gasteiger partial charge is 0.381 e. The third kappa shape index (κ3) is 4.44. The zero-order valence-corrected chi connectivity index (χ0v) is 19.9. The van der Waals surface area contributed by atoms with Gasteiger partial charge in [-0.1, -0.05) is 6.07 Å². The molecular weight excluding hydrogens is 466 g/mol. The molecule has 4 rings (SSSR count). The van der Waals surface area contributed by atoms with Crippen LogP contribution in [0.5, 0.6) is 0 Å². The number of hydrogen-bond donors (Lipinski definition) is 1. The van der Waals surface area contributed by atoms with Crippen LogP contribution < -0.4 is 5.32 Å². The molecule has 3 atom stereocenters. The molecule has 0 saturated heterocycles. The monoisotopic (exact) mass is 492 g/mol. The molecule has 2 aliphatic carbocycles. The first-order valence-electron chi connectivity index (χ1n) is 10.9. The van der Waals surface area contributed by atoms with E-state index in [0.717, 1.165) is 0 Å². The Labute approximate surface area is 196 Å². The van der Waals surface area contributed by atoms with Crippen molar-refractivity contribution < 1.29 is 26.7 Å². The van der Waals surface area contributed by atoms with E-state index in [9.17, 15) is 27.3 Å². The Morgan fingerprint density at radius 2 is 2.03 bits per heavy atom. The molecule has 2 saturated carbocycles. The van der Waals surface area contributed by atoms with Crippen molar-refractivity contribution in [2.45, 2.75) is 60.3 Å². The number of ether oxygens (including phenoxy) is 1. The van der Waals surface area contributed by atoms with Gasteiger partial charge in [0.2, 0.25) is 5.91 Å². The summed E-state index contributed by atoms with van der Waals surface area (Å²) in [6.45, 7) is 0.661. The maximum Gasteiger partial charge on any atom is 0.271 e. The molecule has 11 heteroatoms. The van der Waals surface area contributed by atoms with Gasteiger partial charge in [0.15, 0.2) is 9.84 Å². The normalized spacial score (nSPS) is 23.9. The van der Waals surface area contributed by atoms with Gasteiger partial charge in [0, 0.05) is 38.4 Å². The van der Waals surface area contributed by atoms with E-state index in [0.29, 0.717) is 30.9 Å². The number of rotatable bonds is 7. The molecule has 0 spiro atoms. The van der Waals surface area contributed by atoms with Crippen LogP contribution in [0.1, 0.15) is 38.2 Å². The number of alkyl halides is 2. The number of carbonyl (C=O) groups is 1. The van der Waals surface area contributed by atoms with Crippen LogP contribution in [-0.2, 0) is 32.3 Å². The number of amides is 1. The van der Waals surface area contributed by atoms with Gasteiger partial charge in [-0.25, -0.2) is 17.2 Å². The Morgan fingerprint density at radius 3 is 2.56 bits per heavy atom. The second kappa shape index (κ2) is 8.43. The summed E-state index contributed by atoms with van der Waals surface area (Å²) in [6, 6.07) is 5.94. The first-order valence-corrected chi connectivity index (χ1v) is 12.5. The third-order valence-corrected chi connectivity index (χ3v) is 8.89. The quantitative estimate of drug-likeness (QED) is 0.636. The number of nitriles is 1. The van der Waals surface area contributed by atoms with Gasteiger partial charge in [0.05, 0.1) is 34.4 Å². The van der Waals surface area contributed by atoms with E-state index >= 15 is 0 Å². The summed E-state index contributed by atoms with van der Waals surface area (Å²) in [5.41, 5.74) is -0.489. The van der Waals surface area contributed by atoms with Crippen LogP contribution >= 0.6 is 0 Å². The van der Waals surface area contributed by atoms with Crippen molar-refractivity contribution in [3.05, 3.63) is 36.2 Å². The fraction of sp³-hybridized carbons (Fsp3) is 0.522. The second-order valence-electron chi connectivity index (χ2n) is 9.20. The number of methoxy groups -OCH3 is 1. The highest BCUT2D eigenvalue weighted by Gasteiger charge is 2.50. The second-order valence-corrected chi connectivity index (χ2v) is 11.4. The van der Waals surface area contributed by atoms with Gasteiger partial charge >= 0.3 is 0 Å². The molecular formula is C23H26F2N4O4S. The lowest BCUT2D eigenvalue weighted by molar-refractivity contribution is -0.128. The maximum atomic E-state index is 14.6. The highest BCUT2D eigenvalue weighted by molar-refractivity contribution is 7.92. The number of carbonyl (C=O) groups excluding carboxylic acids is 1. The predicted molar refractivity (Wildman–Crippen MR) is 118 cm³/mol. The minimum absolute atomic E-state index is 0.00441. The minimum atomic E-state index is -4.22. The van der Waals surface area contributed by atoms with Crippen LogP contribution in [0.4, 0.5) is 8.78 Å². The van der Waals surface area contributed by atoms with Crippen molar-refractivity contribution in [3.8, 4) is 17.2 Å². The van der Waals surface area contributed by atoms with E-state index < -0.39 is 54.9 Å². The van der Waals surface area contributed by atoms with Crippen molar-refractivity contribution in [2.75, 3.05) is 7.11 Å². The lowest BCUT2D eigenvalue weighted by Gasteiger charge is -2.20. The molecule has 2 aliphatic rings. The molecule has 0 radical (unpaired) electrons. The maximum absolute atomic E-state index is 14.6. The zero-order valence-electron chi connectivity index (χ0n) is 19.1. The number of aryl methyl sites for hydroxylation is 1. The third-order valence-electron chi connectivity index (χ3n) is 6.66. The lowest BCUT2D eigenvalue weighted by atomic mass is 10.0. The Balaban J connectivity index is 1.66. The number of halogens is 2. The lowest BCUT2D eigenvalue weighted by Crippen LogP contribution is -2.42. The molecule has 182 valence electrons. The summed E-state index contributed by atoms with van der Waals surface area (Å²) in [7, 11) is -1.14. The molecule has 1 heterocycles. The molecule has 0 bridgehead atoms. The van der Waals surface area contributed by atoms with Crippen molar-refractivity contribution in [3.63, 3.8) is 0 Å². The SMILES string of the molecule is CO[C@@H]1C[C@H](S(=O)(=O)c2ccc(-c3cnn(C)c3)cc2C(C)(F)F)CC1C(=O)NC1(C#N)CC1. The predicted octanol–water partition coefficient (Wildman–Crippen LogP) is 2.94. The number of sulfone groups is 1. The summed E-state index contributed by atoms with van der Waals surface area (Å²) in [5, 5.41) is 14.9. The average molecular weight is 493 g/mol. The van der Waals surface area contributed by atoms with Crippen molar-refractivity contribution in [1.29, 1.82) is 5.26 Å². The van der Waals surface area contributed by atoms with Gasteiger partial charge < -0.3 is 10.1 Å². The Bertz CT molecular complexity index is 1260. The summed E-state index contributed by atoms with van der Waals surface area (Å²) in [5.74, 6) is -4.66. The average Bonchev–Trinajstić information content (AvgIpc) is 3.19. The fourth-order valence-corrected chi connectivity index (χ4v) is 6.58. The number of aromatic nitrogens is 2. The highest BCUT2D eigenvalue weighted by atomic mass is 32.2. The number of hydrogen-bond acceptors (Lipinski definition) is 6. The highest BCUT2D eigenvalue weighted by Crippen LogP contribution is 2.42. The van der Waals surface area contributed by atoms with Gasteiger partial charge in [-0.05, 0) is 43.4 Å². The van der Waals surface area contributed by atoms with Crippen LogP contribution in [0, 0.1) is 17.2 Å². The summed E-state index contributed by atoms with van der Waals surface area (Å²) >= 11 is 0. The number of benzene rings is 1. The van der Waals surface area contributed by atoms with Crippen LogP contribution in [0.3, 0.4) is 0 Å². The van der Waals surface area contributed by atoms with Crippen molar-refractivity contribution in [2.24, 2.45) is 13.0 Å². The van der Waals surface area contributed by atoms with Crippen molar-refractivity contribution in [1.82, 2.24) is 15.1 Å². The molecule has 2 fully saturated rings. The van der Waals surface area contributed by atoms with E-state index in [1.165, 1.54) is 36.2 Å². The minimum Gasteiger partial charge on any atom is -0.381 e. The summed E-state index contributed by atoms with van der Waals surface area (Å²) < 4.78 is 63.2. The number of nitrogens with zero attached hydrogens (tertiary/aromatic N) is 3. The molecule has 34 heavy (non-hydrogen) atoms. The Hall–Kier alpha value is -2.84. The smallest absolute Gasteiger partial charge is 0.271 e. The Kier molecular flexibility index (Phi) is 6.02. The van der Waals surface area contributed by atoms with Crippen LogP contribution in [0.2, 0.25) is 0 Å². The molecule has 8 nitrogen and oxygen atoms in total. The molecule has 1 aromatic heterocycles. The topological polar surface area (TPSA) is 114 Å². The van der Waals surface area contributed by atoms with Crippen LogP contribution in [0.25, 0.3) is 11.1 Å². The summed E-state index contributed by atoms with van der Waals surface area (Å²) in [6.07, 6.45) is 3.47. The number of nitrogens with one attached hydrogen (secondary N) is 1. The van der Waals surface area contributed by atoms with Gasteiger partial charge in [0.25, 0.3) is 5.92 Å². The molecule has 2 aromatic rings. The van der Waals surface area contributed by atoms with E-state index in [1.807, 2.05) is 0 Å².